The Kier molecular flexibility index (Phi) is 11.9. The first-order valence-electron chi connectivity index (χ1n) is 14.0. The van der Waals surface area contributed by atoms with Gasteiger partial charge in [-0.3, -0.25) is 9.59 Å². The quantitative estimate of drug-likeness (QED) is 0.137. The number of benzene rings is 2. The van der Waals surface area contributed by atoms with Crippen LogP contribution in [0.4, 0.5) is 10.5 Å². The SMILES string of the molecule is CCOC(=O)C(CCO[Si](C)(C)C(C)(C)C)c1ccc(C=CC(=O)N(NC(=O)OC(C)(C)C)c2ccccc2)cc1. The van der Waals surface area contributed by atoms with E-state index in [1.165, 1.54) is 6.08 Å². The van der Waals surface area contributed by atoms with Gasteiger partial charge in [-0.2, -0.15) is 0 Å². The molecule has 2 amide bonds. The number of hydrogen-bond donors (Lipinski definition) is 1. The van der Waals surface area contributed by atoms with Gasteiger partial charge in [-0.25, -0.2) is 15.2 Å². The van der Waals surface area contributed by atoms with E-state index in [4.69, 9.17) is 13.9 Å². The minimum absolute atomic E-state index is 0.0797. The van der Waals surface area contributed by atoms with E-state index in [-0.39, 0.29) is 11.0 Å². The van der Waals surface area contributed by atoms with E-state index < -0.39 is 31.8 Å². The summed E-state index contributed by atoms with van der Waals surface area (Å²) in [5.74, 6) is -1.19. The van der Waals surface area contributed by atoms with Crippen molar-refractivity contribution in [2.75, 3.05) is 18.2 Å². The van der Waals surface area contributed by atoms with Gasteiger partial charge in [-0.05, 0) is 81.6 Å². The summed E-state index contributed by atoms with van der Waals surface area (Å²) in [4.78, 5) is 38.3. The normalized spacial score (nSPS) is 13.0. The van der Waals surface area contributed by atoms with Gasteiger partial charge in [-0.15, -0.1) is 0 Å². The van der Waals surface area contributed by atoms with Gasteiger partial charge < -0.3 is 13.9 Å². The molecule has 0 saturated heterocycles. The first kappa shape index (κ1) is 33.8. The maximum absolute atomic E-state index is 13.1. The fraction of sp³-hybridized carbons (Fsp3) is 0.469. The molecular formula is C32H46N2O6Si. The predicted octanol–water partition coefficient (Wildman–Crippen LogP) is 7.23. The van der Waals surface area contributed by atoms with Crippen LogP contribution in [-0.4, -0.2) is 45.1 Å². The van der Waals surface area contributed by atoms with Crippen LogP contribution in [0.15, 0.2) is 60.7 Å². The number of hydrogen-bond acceptors (Lipinski definition) is 6. The Balaban J connectivity index is 2.18. The fourth-order valence-corrected chi connectivity index (χ4v) is 4.67. The van der Waals surface area contributed by atoms with E-state index in [0.717, 1.165) is 16.1 Å². The largest absolute Gasteiger partial charge is 0.466 e. The zero-order valence-electron chi connectivity index (χ0n) is 25.9. The lowest BCUT2D eigenvalue weighted by molar-refractivity contribution is -0.145. The van der Waals surface area contributed by atoms with Crippen LogP contribution in [0, 0.1) is 0 Å². The first-order valence-corrected chi connectivity index (χ1v) is 16.9. The van der Waals surface area contributed by atoms with Crippen molar-refractivity contribution in [2.24, 2.45) is 0 Å². The highest BCUT2D eigenvalue weighted by atomic mass is 28.4. The number of nitrogens with zero attached hydrogens (tertiary/aromatic N) is 1. The molecule has 1 unspecified atom stereocenters. The Morgan fingerprint density at radius 2 is 1.56 bits per heavy atom. The second-order valence-electron chi connectivity index (χ2n) is 12.3. The molecule has 1 atom stereocenters. The summed E-state index contributed by atoms with van der Waals surface area (Å²) in [5.41, 5.74) is 3.87. The monoisotopic (exact) mass is 582 g/mol. The van der Waals surface area contributed by atoms with Gasteiger partial charge in [-0.1, -0.05) is 63.2 Å². The van der Waals surface area contributed by atoms with Gasteiger partial charge in [0, 0.05) is 12.7 Å². The highest BCUT2D eigenvalue weighted by Crippen LogP contribution is 2.37. The Morgan fingerprint density at radius 1 is 0.951 bits per heavy atom. The summed E-state index contributed by atoms with van der Waals surface area (Å²) < 4.78 is 17.0. The molecule has 8 nitrogen and oxygen atoms in total. The lowest BCUT2D eigenvalue weighted by Crippen LogP contribution is -2.47. The number of amides is 2. The minimum Gasteiger partial charge on any atom is -0.466 e. The Labute approximate surface area is 246 Å². The topological polar surface area (TPSA) is 94.2 Å². The number of anilines is 1. The molecule has 2 aromatic rings. The highest BCUT2D eigenvalue weighted by Gasteiger charge is 2.37. The van der Waals surface area contributed by atoms with Crippen molar-refractivity contribution < 1.29 is 28.3 Å². The number of nitrogens with one attached hydrogen (secondary N) is 1. The number of rotatable bonds is 10. The molecule has 0 bridgehead atoms. The predicted molar refractivity (Wildman–Crippen MR) is 166 cm³/mol. The van der Waals surface area contributed by atoms with Gasteiger partial charge in [0.05, 0.1) is 18.2 Å². The van der Waals surface area contributed by atoms with Crippen LogP contribution >= 0.6 is 0 Å². The summed E-state index contributed by atoms with van der Waals surface area (Å²) in [7, 11) is -1.94. The highest BCUT2D eigenvalue weighted by molar-refractivity contribution is 6.74. The summed E-state index contributed by atoms with van der Waals surface area (Å²) in [5, 5.41) is 1.22. The molecule has 2 aromatic carbocycles. The van der Waals surface area contributed by atoms with E-state index in [2.05, 4.69) is 39.3 Å². The summed E-state index contributed by atoms with van der Waals surface area (Å²) in [6.45, 7) is 18.8. The molecule has 0 aromatic heterocycles. The fourth-order valence-electron chi connectivity index (χ4n) is 3.61. The van der Waals surface area contributed by atoms with Crippen LogP contribution in [0.5, 0.6) is 0 Å². The zero-order chi connectivity index (χ0) is 30.8. The Bertz CT molecular complexity index is 1180. The third kappa shape index (κ3) is 10.8. The van der Waals surface area contributed by atoms with Crippen molar-refractivity contribution >= 4 is 38.1 Å². The lowest BCUT2D eigenvalue weighted by atomic mass is 9.95. The van der Waals surface area contributed by atoms with Gasteiger partial charge >= 0.3 is 12.1 Å². The van der Waals surface area contributed by atoms with Crippen LogP contribution < -0.4 is 10.4 Å². The van der Waals surface area contributed by atoms with Crippen molar-refractivity contribution in [3.8, 4) is 0 Å². The summed E-state index contributed by atoms with van der Waals surface area (Å²) in [6, 6.07) is 16.2. The lowest BCUT2D eigenvalue weighted by Gasteiger charge is -2.36. The van der Waals surface area contributed by atoms with Gasteiger partial charge in [0.15, 0.2) is 8.32 Å². The Hall–Kier alpha value is -3.43. The van der Waals surface area contributed by atoms with E-state index >= 15 is 0 Å². The third-order valence-electron chi connectivity index (χ3n) is 6.84. The van der Waals surface area contributed by atoms with Crippen LogP contribution in [0.3, 0.4) is 0 Å². The number of hydrazine groups is 1. The van der Waals surface area contributed by atoms with Crippen LogP contribution in [-0.2, 0) is 23.5 Å². The molecule has 1 N–H and O–H groups in total. The molecule has 0 aliphatic carbocycles. The second-order valence-corrected chi connectivity index (χ2v) is 17.1. The van der Waals surface area contributed by atoms with Crippen LogP contribution in [0.1, 0.15) is 71.9 Å². The van der Waals surface area contributed by atoms with Crippen molar-refractivity contribution in [2.45, 2.75) is 84.5 Å². The average Bonchev–Trinajstić information content (AvgIpc) is 2.87. The maximum Gasteiger partial charge on any atom is 0.427 e. The molecule has 0 saturated carbocycles. The molecule has 0 heterocycles. The standard InChI is InChI=1S/C32H46N2O6Si/c1-10-38-29(36)27(22-23-39-41(8,9)32(5,6)7)25-19-16-24(17-20-25)18-21-28(35)34(26-14-12-11-13-15-26)33-30(37)40-31(2,3)4/h11-21,27H,10,22-23H2,1-9H3,(H,33,37). The molecule has 0 aliphatic heterocycles. The maximum atomic E-state index is 13.1. The first-order chi connectivity index (χ1) is 19.0. The molecule has 0 fully saturated rings. The molecule has 0 spiro atoms. The van der Waals surface area contributed by atoms with Crippen LogP contribution in [0.25, 0.3) is 6.08 Å². The number of esters is 1. The van der Waals surface area contributed by atoms with E-state index in [1.807, 2.05) is 30.3 Å². The summed E-state index contributed by atoms with van der Waals surface area (Å²) in [6.07, 6.45) is 2.80. The minimum atomic E-state index is -1.94. The van der Waals surface area contributed by atoms with Crippen LogP contribution in [0.2, 0.25) is 18.1 Å². The van der Waals surface area contributed by atoms with E-state index in [0.29, 0.717) is 25.3 Å². The van der Waals surface area contributed by atoms with Gasteiger partial charge in [0.1, 0.15) is 5.60 Å². The second kappa shape index (κ2) is 14.5. The molecule has 0 aliphatic rings. The molecular weight excluding hydrogens is 536 g/mol. The Morgan fingerprint density at radius 3 is 2.10 bits per heavy atom. The number of para-hydroxylation sites is 1. The summed E-state index contributed by atoms with van der Waals surface area (Å²) >= 11 is 0. The number of carbonyl (C=O) groups is 3. The van der Waals surface area contributed by atoms with Crippen molar-refractivity contribution in [1.82, 2.24) is 5.43 Å². The smallest absolute Gasteiger partial charge is 0.427 e. The average molecular weight is 583 g/mol. The molecule has 2 rings (SSSR count). The van der Waals surface area contributed by atoms with E-state index in [9.17, 15) is 14.4 Å². The molecule has 224 valence electrons. The molecule has 0 radical (unpaired) electrons. The van der Waals surface area contributed by atoms with Crippen molar-refractivity contribution in [1.29, 1.82) is 0 Å². The van der Waals surface area contributed by atoms with Crippen molar-refractivity contribution in [3.05, 3.63) is 71.8 Å². The number of ether oxygens (including phenoxy) is 2. The van der Waals surface area contributed by atoms with Gasteiger partial charge in [0.25, 0.3) is 5.91 Å². The van der Waals surface area contributed by atoms with Gasteiger partial charge in [0.2, 0.25) is 0 Å². The third-order valence-corrected chi connectivity index (χ3v) is 11.4. The number of carbonyl (C=O) groups excluding carboxylic acids is 3. The zero-order valence-corrected chi connectivity index (χ0v) is 26.9. The molecule has 41 heavy (non-hydrogen) atoms. The molecule has 9 heteroatoms. The van der Waals surface area contributed by atoms with Crippen molar-refractivity contribution in [3.63, 3.8) is 0 Å². The van der Waals surface area contributed by atoms with E-state index in [1.54, 1.807) is 58.0 Å².